The first-order valence-corrected chi connectivity index (χ1v) is 6.60. The largest absolute Gasteiger partial charge is 0.387 e. The van der Waals surface area contributed by atoms with E-state index in [-0.39, 0.29) is 6.10 Å². The van der Waals surface area contributed by atoms with Crippen LogP contribution in [-0.2, 0) is 0 Å². The van der Waals surface area contributed by atoms with E-state index in [0.717, 1.165) is 27.9 Å². The topological polar surface area (TPSA) is 33.1 Å². The highest BCUT2D eigenvalue weighted by molar-refractivity contribution is 7.11. The standard InChI is InChI=1S/C12H19NOS/c1-8-12(15-9(2)13-8)11(14)7-10-5-3-4-6-10/h10-11,14H,3-7H2,1-2H3. The van der Waals surface area contributed by atoms with E-state index in [4.69, 9.17) is 0 Å². The molecule has 1 fully saturated rings. The van der Waals surface area contributed by atoms with Crippen LogP contribution in [0.25, 0.3) is 0 Å². The summed E-state index contributed by atoms with van der Waals surface area (Å²) in [6.07, 6.45) is 5.94. The molecule has 1 heterocycles. The first-order valence-electron chi connectivity index (χ1n) is 5.79. The average molecular weight is 225 g/mol. The van der Waals surface area contributed by atoms with Crippen LogP contribution < -0.4 is 0 Å². The Morgan fingerprint density at radius 3 is 2.60 bits per heavy atom. The molecule has 1 unspecified atom stereocenters. The normalized spacial score (nSPS) is 19.7. The second-order valence-electron chi connectivity index (χ2n) is 4.58. The highest BCUT2D eigenvalue weighted by Crippen LogP contribution is 2.35. The van der Waals surface area contributed by atoms with Crippen LogP contribution in [0.3, 0.4) is 0 Å². The minimum absolute atomic E-state index is 0.278. The molecule has 1 aliphatic rings. The molecule has 0 aliphatic heterocycles. The molecule has 2 rings (SSSR count). The lowest BCUT2D eigenvalue weighted by atomic mass is 9.99. The molecule has 0 saturated heterocycles. The van der Waals surface area contributed by atoms with Crippen molar-refractivity contribution in [1.82, 2.24) is 4.98 Å². The van der Waals surface area contributed by atoms with Crippen molar-refractivity contribution in [1.29, 1.82) is 0 Å². The van der Waals surface area contributed by atoms with Gasteiger partial charge in [-0.2, -0.15) is 0 Å². The molecular weight excluding hydrogens is 206 g/mol. The van der Waals surface area contributed by atoms with Gasteiger partial charge in [0, 0.05) is 0 Å². The number of aryl methyl sites for hydroxylation is 2. The number of aliphatic hydroxyl groups is 1. The SMILES string of the molecule is Cc1nc(C)c(C(O)CC2CCCC2)s1. The van der Waals surface area contributed by atoms with E-state index < -0.39 is 0 Å². The predicted octanol–water partition coefficient (Wildman–Crippen LogP) is 3.37. The van der Waals surface area contributed by atoms with Crippen molar-refractivity contribution in [2.24, 2.45) is 5.92 Å². The number of rotatable bonds is 3. The number of hydrogen-bond donors (Lipinski definition) is 1. The molecule has 0 spiro atoms. The van der Waals surface area contributed by atoms with E-state index in [1.54, 1.807) is 11.3 Å². The van der Waals surface area contributed by atoms with Gasteiger partial charge >= 0.3 is 0 Å². The monoisotopic (exact) mass is 225 g/mol. The van der Waals surface area contributed by atoms with Crippen molar-refractivity contribution in [3.63, 3.8) is 0 Å². The van der Waals surface area contributed by atoms with Gasteiger partial charge in [0.25, 0.3) is 0 Å². The van der Waals surface area contributed by atoms with E-state index in [2.05, 4.69) is 4.98 Å². The molecule has 1 saturated carbocycles. The molecule has 1 atom stereocenters. The fourth-order valence-corrected chi connectivity index (χ4v) is 3.45. The third-order valence-corrected chi connectivity index (χ3v) is 4.45. The van der Waals surface area contributed by atoms with E-state index in [0.29, 0.717) is 0 Å². The summed E-state index contributed by atoms with van der Waals surface area (Å²) in [6, 6.07) is 0. The van der Waals surface area contributed by atoms with Crippen LogP contribution in [0.2, 0.25) is 0 Å². The van der Waals surface area contributed by atoms with Gasteiger partial charge < -0.3 is 5.11 Å². The Labute approximate surface area is 95.4 Å². The molecule has 0 bridgehead atoms. The zero-order chi connectivity index (χ0) is 10.8. The molecule has 0 radical (unpaired) electrons. The Morgan fingerprint density at radius 2 is 2.07 bits per heavy atom. The van der Waals surface area contributed by atoms with Crippen LogP contribution >= 0.6 is 11.3 Å². The van der Waals surface area contributed by atoms with Gasteiger partial charge in [-0.05, 0) is 26.2 Å². The summed E-state index contributed by atoms with van der Waals surface area (Å²) in [5.74, 6) is 0.738. The minimum atomic E-state index is -0.278. The number of aliphatic hydroxyl groups excluding tert-OH is 1. The van der Waals surface area contributed by atoms with Gasteiger partial charge in [0.1, 0.15) is 0 Å². The molecule has 1 N–H and O–H groups in total. The fourth-order valence-electron chi connectivity index (χ4n) is 2.53. The molecule has 15 heavy (non-hydrogen) atoms. The highest BCUT2D eigenvalue weighted by Gasteiger charge is 2.22. The zero-order valence-corrected chi connectivity index (χ0v) is 10.3. The van der Waals surface area contributed by atoms with Crippen LogP contribution in [-0.4, -0.2) is 10.1 Å². The summed E-state index contributed by atoms with van der Waals surface area (Å²) in [4.78, 5) is 5.45. The summed E-state index contributed by atoms with van der Waals surface area (Å²) >= 11 is 1.64. The number of thiazole rings is 1. The smallest absolute Gasteiger partial charge is 0.0903 e. The van der Waals surface area contributed by atoms with Crippen molar-refractivity contribution in [2.45, 2.75) is 52.1 Å². The van der Waals surface area contributed by atoms with Crippen molar-refractivity contribution in [2.75, 3.05) is 0 Å². The van der Waals surface area contributed by atoms with Gasteiger partial charge in [-0.3, -0.25) is 0 Å². The third-order valence-electron chi connectivity index (χ3n) is 3.27. The van der Waals surface area contributed by atoms with Gasteiger partial charge in [-0.15, -0.1) is 11.3 Å². The molecule has 2 nitrogen and oxygen atoms in total. The fraction of sp³-hybridized carbons (Fsp3) is 0.750. The Balaban J connectivity index is 2.00. The van der Waals surface area contributed by atoms with Crippen LogP contribution in [0.5, 0.6) is 0 Å². The number of aromatic nitrogens is 1. The van der Waals surface area contributed by atoms with Crippen LogP contribution in [0.1, 0.15) is 53.8 Å². The highest BCUT2D eigenvalue weighted by atomic mass is 32.1. The van der Waals surface area contributed by atoms with E-state index in [1.165, 1.54) is 25.7 Å². The van der Waals surface area contributed by atoms with Gasteiger partial charge in [-0.1, -0.05) is 25.7 Å². The lowest BCUT2D eigenvalue weighted by Gasteiger charge is -2.14. The Hall–Kier alpha value is -0.410. The summed E-state index contributed by atoms with van der Waals surface area (Å²) in [5.41, 5.74) is 1.02. The number of hydrogen-bond acceptors (Lipinski definition) is 3. The van der Waals surface area contributed by atoms with Gasteiger partial charge in [0.05, 0.1) is 21.7 Å². The zero-order valence-electron chi connectivity index (χ0n) is 9.49. The summed E-state index contributed by atoms with van der Waals surface area (Å²) in [6.45, 7) is 4.00. The van der Waals surface area contributed by atoms with E-state index >= 15 is 0 Å². The van der Waals surface area contributed by atoms with Crippen molar-refractivity contribution < 1.29 is 5.11 Å². The Morgan fingerprint density at radius 1 is 1.40 bits per heavy atom. The maximum Gasteiger partial charge on any atom is 0.0903 e. The summed E-state index contributed by atoms with van der Waals surface area (Å²) in [7, 11) is 0. The first kappa shape index (κ1) is 11.1. The lowest BCUT2D eigenvalue weighted by Crippen LogP contribution is -2.03. The first-order chi connectivity index (χ1) is 7.16. The molecule has 1 aromatic rings. The lowest BCUT2D eigenvalue weighted by molar-refractivity contribution is 0.147. The van der Waals surface area contributed by atoms with Gasteiger partial charge in [0.15, 0.2) is 0 Å². The quantitative estimate of drug-likeness (QED) is 0.855. The van der Waals surface area contributed by atoms with E-state index in [1.807, 2.05) is 13.8 Å². The molecular formula is C12H19NOS. The van der Waals surface area contributed by atoms with Gasteiger partial charge in [0.2, 0.25) is 0 Å². The third kappa shape index (κ3) is 2.58. The molecule has 1 aliphatic carbocycles. The Kier molecular flexibility index (Phi) is 3.42. The Bertz CT molecular complexity index is 328. The molecule has 0 aromatic carbocycles. The van der Waals surface area contributed by atoms with Gasteiger partial charge in [-0.25, -0.2) is 4.98 Å². The predicted molar refractivity (Wildman–Crippen MR) is 63.1 cm³/mol. The average Bonchev–Trinajstić information content (AvgIpc) is 2.75. The molecule has 0 amide bonds. The van der Waals surface area contributed by atoms with Crippen molar-refractivity contribution in [3.8, 4) is 0 Å². The van der Waals surface area contributed by atoms with Crippen molar-refractivity contribution in [3.05, 3.63) is 15.6 Å². The van der Waals surface area contributed by atoms with Crippen LogP contribution in [0.4, 0.5) is 0 Å². The second-order valence-corrected chi connectivity index (χ2v) is 5.82. The van der Waals surface area contributed by atoms with Crippen LogP contribution in [0, 0.1) is 19.8 Å². The maximum absolute atomic E-state index is 10.1. The minimum Gasteiger partial charge on any atom is -0.387 e. The summed E-state index contributed by atoms with van der Waals surface area (Å²) in [5, 5.41) is 11.2. The second kappa shape index (κ2) is 4.62. The molecule has 3 heteroatoms. The number of nitrogens with zero attached hydrogens (tertiary/aromatic N) is 1. The maximum atomic E-state index is 10.1. The summed E-state index contributed by atoms with van der Waals surface area (Å²) < 4.78 is 0. The van der Waals surface area contributed by atoms with E-state index in [9.17, 15) is 5.11 Å². The molecule has 1 aromatic heterocycles. The molecule has 84 valence electrons. The van der Waals surface area contributed by atoms with Crippen LogP contribution in [0.15, 0.2) is 0 Å². The van der Waals surface area contributed by atoms with Crippen molar-refractivity contribution >= 4 is 11.3 Å².